The monoisotopic (exact) mass is 506 g/mol. The number of carbonyl (C=O) groups is 1. The maximum absolute atomic E-state index is 12.0. The van der Waals surface area contributed by atoms with Crippen LogP contribution in [0.5, 0.6) is 11.5 Å². The van der Waals surface area contributed by atoms with Gasteiger partial charge < -0.3 is 30.2 Å². The fourth-order valence-corrected chi connectivity index (χ4v) is 2.40. The molecule has 0 aliphatic carbocycles. The van der Waals surface area contributed by atoms with Crippen molar-refractivity contribution in [2.24, 2.45) is 4.99 Å². The molecule has 9 heteroatoms. The van der Waals surface area contributed by atoms with Gasteiger partial charge >= 0.3 is 0 Å². The lowest BCUT2D eigenvalue weighted by Crippen LogP contribution is -2.42. The molecule has 0 fully saturated rings. The van der Waals surface area contributed by atoms with Crippen LogP contribution in [0.2, 0.25) is 0 Å². The number of halogens is 1. The number of amides is 1. The highest BCUT2D eigenvalue weighted by molar-refractivity contribution is 14.0. The van der Waals surface area contributed by atoms with Gasteiger partial charge in [-0.05, 0) is 32.9 Å². The number of hydrogen-bond acceptors (Lipinski definition) is 5. The molecule has 0 saturated carbocycles. The van der Waals surface area contributed by atoms with Gasteiger partial charge in [-0.15, -0.1) is 24.0 Å². The zero-order valence-corrected chi connectivity index (χ0v) is 19.3. The van der Waals surface area contributed by atoms with Gasteiger partial charge in [0, 0.05) is 37.4 Å². The molecule has 0 radical (unpaired) electrons. The van der Waals surface area contributed by atoms with Crippen molar-refractivity contribution < 1.29 is 19.0 Å². The number of fused-ring (bicyclic) bond motifs is 1. The van der Waals surface area contributed by atoms with Crippen molar-refractivity contribution in [2.75, 3.05) is 45.3 Å². The largest absolute Gasteiger partial charge is 0.490 e. The van der Waals surface area contributed by atoms with E-state index < -0.39 is 0 Å². The second kappa shape index (κ2) is 11.9. The molecule has 158 valence electrons. The standard InChI is InChI=1S/C19H30N4O4.HI/c1-19(2,3)23-17(24)13-21-18(20-8-11-25-4)22-14-6-7-15-16(12-14)27-10-5-9-26-15;/h6-7,12H,5,8-11,13H2,1-4H3,(H,23,24)(H2,20,21,22);1H. The smallest absolute Gasteiger partial charge is 0.242 e. The molecule has 0 saturated heterocycles. The molecular weight excluding hydrogens is 475 g/mol. The summed E-state index contributed by atoms with van der Waals surface area (Å²) in [6.45, 7) is 8.17. The number of anilines is 1. The number of aliphatic imine (C=N–C) groups is 1. The van der Waals surface area contributed by atoms with E-state index in [2.05, 4.69) is 20.9 Å². The van der Waals surface area contributed by atoms with Crippen LogP contribution < -0.4 is 25.4 Å². The third-order valence-corrected chi connectivity index (χ3v) is 3.50. The predicted octanol–water partition coefficient (Wildman–Crippen LogP) is 2.38. The summed E-state index contributed by atoms with van der Waals surface area (Å²) in [5, 5.41) is 9.23. The Hall–Kier alpha value is -1.75. The second-order valence-corrected chi connectivity index (χ2v) is 7.22. The van der Waals surface area contributed by atoms with Crippen molar-refractivity contribution in [3.8, 4) is 11.5 Å². The highest BCUT2D eigenvalue weighted by atomic mass is 127. The Kier molecular flexibility index (Phi) is 10.4. The molecule has 0 unspecified atom stereocenters. The van der Waals surface area contributed by atoms with Crippen LogP contribution in [0.4, 0.5) is 5.69 Å². The third-order valence-electron chi connectivity index (χ3n) is 3.50. The highest BCUT2D eigenvalue weighted by Crippen LogP contribution is 2.32. The fourth-order valence-electron chi connectivity index (χ4n) is 2.40. The average Bonchev–Trinajstić information content (AvgIpc) is 2.83. The van der Waals surface area contributed by atoms with Crippen LogP contribution in [0.3, 0.4) is 0 Å². The maximum atomic E-state index is 12.0. The van der Waals surface area contributed by atoms with Crippen LogP contribution in [0.15, 0.2) is 23.2 Å². The second-order valence-electron chi connectivity index (χ2n) is 7.22. The van der Waals surface area contributed by atoms with E-state index in [1.54, 1.807) is 7.11 Å². The van der Waals surface area contributed by atoms with Gasteiger partial charge in [0.2, 0.25) is 5.91 Å². The molecule has 2 rings (SSSR count). The Morgan fingerprint density at radius 2 is 1.93 bits per heavy atom. The first-order valence-corrected chi connectivity index (χ1v) is 9.12. The maximum Gasteiger partial charge on any atom is 0.242 e. The van der Waals surface area contributed by atoms with Gasteiger partial charge in [-0.2, -0.15) is 0 Å². The Labute approximate surface area is 183 Å². The van der Waals surface area contributed by atoms with Crippen LogP contribution in [-0.4, -0.2) is 57.4 Å². The first-order valence-electron chi connectivity index (χ1n) is 9.12. The normalized spacial score (nSPS) is 13.8. The third kappa shape index (κ3) is 8.96. The van der Waals surface area contributed by atoms with Crippen LogP contribution in [-0.2, 0) is 9.53 Å². The Morgan fingerprint density at radius 1 is 1.21 bits per heavy atom. The lowest BCUT2D eigenvalue weighted by Gasteiger charge is -2.20. The van der Waals surface area contributed by atoms with Crippen LogP contribution in [0.1, 0.15) is 27.2 Å². The van der Waals surface area contributed by atoms with Gasteiger partial charge in [-0.25, -0.2) is 4.99 Å². The minimum Gasteiger partial charge on any atom is -0.490 e. The summed E-state index contributed by atoms with van der Waals surface area (Å²) in [5.41, 5.74) is 0.497. The van der Waals surface area contributed by atoms with Gasteiger partial charge in [0.1, 0.15) is 6.54 Å². The molecule has 0 atom stereocenters. The summed E-state index contributed by atoms with van der Waals surface area (Å²) >= 11 is 0. The van der Waals surface area contributed by atoms with E-state index in [-0.39, 0.29) is 42.0 Å². The summed E-state index contributed by atoms with van der Waals surface area (Å²) in [4.78, 5) is 16.4. The van der Waals surface area contributed by atoms with E-state index in [1.807, 2.05) is 39.0 Å². The number of guanidine groups is 1. The first-order chi connectivity index (χ1) is 12.9. The fraction of sp³-hybridized carbons (Fsp3) is 0.579. The van der Waals surface area contributed by atoms with E-state index in [0.717, 1.165) is 17.9 Å². The first kappa shape index (κ1) is 24.3. The molecule has 1 amide bonds. The van der Waals surface area contributed by atoms with Crippen molar-refractivity contribution in [2.45, 2.75) is 32.7 Å². The summed E-state index contributed by atoms with van der Waals surface area (Å²) in [7, 11) is 1.63. The van der Waals surface area contributed by atoms with Crippen LogP contribution >= 0.6 is 24.0 Å². The molecular formula is C19H31IN4O4. The van der Waals surface area contributed by atoms with Crippen molar-refractivity contribution in [3.63, 3.8) is 0 Å². The average molecular weight is 506 g/mol. The van der Waals surface area contributed by atoms with E-state index in [1.165, 1.54) is 0 Å². The molecule has 0 bridgehead atoms. The Morgan fingerprint density at radius 3 is 2.61 bits per heavy atom. The van der Waals surface area contributed by atoms with Gasteiger partial charge in [0.25, 0.3) is 0 Å². The SMILES string of the molecule is COCCNC(=NCC(=O)NC(C)(C)C)Nc1ccc2c(c1)OCCCO2.I. The van der Waals surface area contributed by atoms with Gasteiger partial charge in [0.15, 0.2) is 17.5 Å². The highest BCUT2D eigenvalue weighted by Gasteiger charge is 2.14. The zero-order valence-electron chi connectivity index (χ0n) is 17.0. The summed E-state index contributed by atoms with van der Waals surface area (Å²) in [5.74, 6) is 1.77. The Balaban J connectivity index is 0.00000392. The van der Waals surface area contributed by atoms with Crippen molar-refractivity contribution >= 4 is 41.5 Å². The summed E-state index contributed by atoms with van der Waals surface area (Å²) in [6.07, 6.45) is 0.853. The molecule has 1 aromatic carbocycles. The molecule has 3 N–H and O–H groups in total. The minimum atomic E-state index is -0.294. The van der Waals surface area contributed by atoms with Crippen molar-refractivity contribution in [1.29, 1.82) is 0 Å². The summed E-state index contributed by atoms with van der Waals surface area (Å²) < 4.78 is 16.4. The van der Waals surface area contributed by atoms with E-state index >= 15 is 0 Å². The Bertz CT molecular complexity index is 662. The lowest BCUT2D eigenvalue weighted by atomic mass is 10.1. The summed E-state index contributed by atoms with van der Waals surface area (Å²) in [6, 6.07) is 5.61. The number of hydrogen-bond donors (Lipinski definition) is 3. The van der Waals surface area contributed by atoms with Crippen LogP contribution in [0.25, 0.3) is 0 Å². The number of carbonyl (C=O) groups excluding carboxylic acids is 1. The lowest BCUT2D eigenvalue weighted by molar-refractivity contribution is -0.121. The quantitative estimate of drug-likeness (QED) is 0.238. The molecule has 1 aromatic rings. The van der Waals surface area contributed by atoms with E-state index in [9.17, 15) is 4.79 Å². The molecule has 1 heterocycles. The van der Waals surface area contributed by atoms with Crippen LogP contribution in [0, 0.1) is 0 Å². The van der Waals surface area contributed by atoms with Gasteiger partial charge in [-0.1, -0.05) is 0 Å². The van der Waals surface area contributed by atoms with Gasteiger partial charge in [0.05, 0.1) is 19.8 Å². The molecule has 1 aliphatic rings. The van der Waals surface area contributed by atoms with Gasteiger partial charge in [-0.3, -0.25) is 4.79 Å². The molecule has 1 aliphatic heterocycles. The zero-order chi connectivity index (χ0) is 19.7. The number of benzene rings is 1. The van der Waals surface area contributed by atoms with Crippen molar-refractivity contribution in [3.05, 3.63) is 18.2 Å². The topological polar surface area (TPSA) is 93.2 Å². The van der Waals surface area contributed by atoms with E-state index in [0.29, 0.717) is 38.1 Å². The number of nitrogens with one attached hydrogen (secondary N) is 3. The number of nitrogens with zero attached hydrogens (tertiary/aromatic N) is 1. The minimum absolute atomic E-state index is 0. The van der Waals surface area contributed by atoms with Crippen molar-refractivity contribution in [1.82, 2.24) is 10.6 Å². The molecule has 0 aromatic heterocycles. The number of rotatable bonds is 6. The number of methoxy groups -OCH3 is 1. The predicted molar refractivity (Wildman–Crippen MR) is 121 cm³/mol. The molecule has 8 nitrogen and oxygen atoms in total. The van der Waals surface area contributed by atoms with E-state index in [4.69, 9.17) is 14.2 Å². The number of ether oxygens (including phenoxy) is 3. The molecule has 28 heavy (non-hydrogen) atoms. The molecule has 0 spiro atoms.